The third kappa shape index (κ3) is 2.86. The molecule has 0 aliphatic carbocycles. The van der Waals surface area contributed by atoms with Crippen LogP contribution < -0.4 is 5.73 Å². The van der Waals surface area contributed by atoms with E-state index in [9.17, 15) is 17.6 Å². The molecule has 2 rings (SSSR count). The van der Waals surface area contributed by atoms with Crippen molar-refractivity contribution in [2.75, 3.05) is 0 Å². The predicted octanol–water partition coefficient (Wildman–Crippen LogP) is 4.25. The van der Waals surface area contributed by atoms with Crippen LogP contribution in [0.3, 0.4) is 0 Å². The van der Waals surface area contributed by atoms with Gasteiger partial charge in [-0.05, 0) is 46.6 Å². The standard InChI is InChI=1S/C14H10BrF4N/c15-8-4-5-9(16)7(14(8)19)6-12(20)13-10(17)2-1-3-11(13)18/h1-5,12H,6,20H2. The second kappa shape index (κ2) is 5.93. The average Bonchev–Trinajstić information content (AvgIpc) is 2.39. The third-order valence-electron chi connectivity index (χ3n) is 2.93. The largest absolute Gasteiger partial charge is 0.323 e. The molecule has 0 saturated heterocycles. The van der Waals surface area contributed by atoms with E-state index in [1.165, 1.54) is 12.1 Å². The molecule has 1 unspecified atom stereocenters. The summed E-state index contributed by atoms with van der Waals surface area (Å²) in [5.41, 5.74) is 4.99. The van der Waals surface area contributed by atoms with Crippen molar-refractivity contribution >= 4 is 15.9 Å². The van der Waals surface area contributed by atoms with Crippen molar-refractivity contribution in [3.05, 3.63) is 69.2 Å². The summed E-state index contributed by atoms with van der Waals surface area (Å²) in [5.74, 6) is -3.31. The van der Waals surface area contributed by atoms with E-state index < -0.39 is 29.3 Å². The Kier molecular flexibility index (Phi) is 4.45. The number of rotatable bonds is 3. The SMILES string of the molecule is NC(Cc1c(F)ccc(Br)c1F)c1c(F)cccc1F. The van der Waals surface area contributed by atoms with Gasteiger partial charge in [0.05, 0.1) is 4.47 Å². The van der Waals surface area contributed by atoms with Gasteiger partial charge in [-0.2, -0.15) is 0 Å². The molecule has 1 atom stereocenters. The van der Waals surface area contributed by atoms with Gasteiger partial charge in [-0.3, -0.25) is 0 Å². The van der Waals surface area contributed by atoms with Gasteiger partial charge in [0.1, 0.15) is 23.3 Å². The van der Waals surface area contributed by atoms with E-state index in [4.69, 9.17) is 5.73 Å². The highest BCUT2D eigenvalue weighted by atomic mass is 79.9. The second-order valence-electron chi connectivity index (χ2n) is 4.27. The Hall–Kier alpha value is -1.40. The van der Waals surface area contributed by atoms with Crippen molar-refractivity contribution < 1.29 is 17.6 Å². The lowest BCUT2D eigenvalue weighted by Gasteiger charge is -2.15. The molecule has 0 fully saturated rings. The van der Waals surface area contributed by atoms with Crippen molar-refractivity contribution in [2.24, 2.45) is 5.73 Å². The van der Waals surface area contributed by atoms with Crippen molar-refractivity contribution in [1.82, 2.24) is 0 Å². The Morgan fingerprint density at radius 3 is 2.15 bits per heavy atom. The molecule has 0 radical (unpaired) electrons. The number of nitrogens with two attached hydrogens (primary N) is 1. The normalized spacial score (nSPS) is 12.5. The summed E-state index contributed by atoms with van der Waals surface area (Å²) in [6.07, 6.45) is -0.352. The molecule has 0 spiro atoms. The van der Waals surface area contributed by atoms with Crippen molar-refractivity contribution in [3.63, 3.8) is 0 Å². The van der Waals surface area contributed by atoms with E-state index >= 15 is 0 Å². The Bertz CT molecular complexity index is 625. The summed E-state index contributed by atoms with van der Waals surface area (Å²) >= 11 is 2.92. The maximum Gasteiger partial charge on any atom is 0.143 e. The Morgan fingerprint density at radius 1 is 0.950 bits per heavy atom. The van der Waals surface area contributed by atoms with Crippen LogP contribution in [0.25, 0.3) is 0 Å². The minimum atomic E-state index is -1.19. The lowest BCUT2D eigenvalue weighted by atomic mass is 9.98. The quantitative estimate of drug-likeness (QED) is 0.651. The Morgan fingerprint density at radius 2 is 1.55 bits per heavy atom. The zero-order valence-corrected chi connectivity index (χ0v) is 11.7. The van der Waals surface area contributed by atoms with E-state index in [0.717, 1.165) is 18.2 Å². The van der Waals surface area contributed by atoms with E-state index in [2.05, 4.69) is 15.9 Å². The lowest BCUT2D eigenvalue weighted by molar-refractivity contribution is 0.502. The zero-order chi connectivity index (χ0) is 14.9. The minimum Gasteiger partial charge on any atom is -0.323 e. The molecule has 0 aliphatic rings. The fourth-order valence-electron chi connectivity index (χ4n) is 1.94. The van der Waals surface area contributed by atoms with Crippen LogP contribution in [0.4, 0.5) is 17.6 Å². The summed E-state index contributed by atoms with van der Waals surface area (Å²) in [6, 6.07) is 4.38. The van der Waals surface area contributed by atoms with E-state index in [1.54, 1.807) is 0 Å². The van der Waals surface area contributed by atoms with Gasteiger partial charge >= 0.3 is 0 Å². The first-order chi connectivity index (χ1) is 9.41. The maximum atomic E-state index is 13.8. The number of benzene rings is 2. The Balaban J connectivity index is 2.38. The summed E-state index contributed by atoms with van der Waals surface area (Å²) in [4.78, 5) is 0. The molecule has 0 heterocycles. The first-order valence-corrected chi connectivity index (χ1v) is 6.53. The van der Waals surface area contributed by atoms with Crippen molar-refractivity contribution in [1.29, 1.82) is 0 Å². The number of halogens is 5. The van der Waals surface area contributed by atoms with Crippen LogP contribution in [-0.4, -0.2) is 0 Å². The number of hydrogen-bond acceptors (Lipinski definition) is 1. The first-order valence-electron chi connectivity index (χ1n) is 5.73. The highest BCUT2D eigenvalue weighted by Crippen LogP contribution is 2.27. The molecule has 106 valence electrons. The average molecular weight is 348 g/mol. The van der Waals surface area contributed by atoms with Gasteiger partial charge < -0.3 is 5.73 Å². The fraction of sp³-hybridized carbons (Fsp3) is 0.143. The monoisotopic (exact) mass is 347 g/mol. The summed E-state index contributed by atoms with van der Waals surface area (Å²) < 4.78 is 54.6. The molecule has 2 aromatic rings. The van der Waals surface area contributed by atoms with Gasteiger partial charge in [-0.1, -0.05) is 6.07 Å². The van der Waals surface area contributed by atoms with Crippen molar-refractivity contribution in [3.8, 4) is 0 Å². The smallest absolute Gasteiger partial charge is 0.143 e. The van der Waals surface area contributed by atoms with E-state index in [0.29, 0.717) is 0 Å². The molecule has 0 bridgehead atoms. The van der Waals surface area contributed by atoms with Gasteiger partial charge in [0.25, 0.3) is 0 Å². The van der Waals surface area contributed by atoms with E-state index in [1.807, 2.05) is 0 Å². The van der Waals surface area contributed by atoms with Gasteiger partial charge in [0, 0.05) is 17.2 Å². The van der Waals surface area contributed by atoms with Crippen LogP contribution in [0.15, 0.2) is 34.8 Å². The molecule has 1 nitrogen and oxygen atoms in total. The van der Waals surface area contributed by atoms with Crippen molar-refractivity contribution in [2.45, 2.75) is 12.5 Å². The molecule has 20 heavy (non-hydrogen) atoms. The first kappa shape index (κ1) is 15.0. The molecule has 0 saturated carbocycles. The molecule has 2 N–H and O–H groups in total. The molecule has 6 heteroatoms. The summed E-state index contributed by atoms with van der Waals surface area (Å²) in [7, 11) is 0. The molecular formula is C14H10BrF4N. The second-order valence-corrected chi connectivity index (χ2v) is 5.12. The third-order valence-corrected chi connectivity index (χ3v) is 3.55. The van der Waals surface area contributed by atoms with Crippen LogP contribution in [0.1, 0.15) is 17.2 Å². The molecule has 2 aromatic carbocycles. The highest BCUT2D eigenvalue weighted by Gasteiger charge is 2.21. The van der Waals surface area contributed by atoms with Crippen LogP contribution in [-0.2, 0) is 6.42 Å². The Labute approximate surface area is 121 Å². The van der Waals surface area contributed by atoms with Crippen LogP contribution >= 0.6 is 15.9 Å². The topological polar surface area (TPSA) is 26.0 Å². The van der Waals surface area contributed by atoms with Crippen LogP contribution in [0.5, 0.6) is 0 Å². The molecule has 0 aliphatic heterocycles. The van der Waals surface area contributed by atoms with Gasteiger partial charge in [0.2, 0.25) is 0 Å². The highest BCUT2D eigenvalue weighted by molar-refractivity contribution is 9.10. The molecular weight excluding hydrogens is 338 g/mol. The maximum absolute atomic E-state index is 13.8. The zero-order valence-electron chi connectivity index (χ0n) is 10.1. The van der Waals surface area contributed by atoms with Gasteiger partial charge in [-0.25, -0.2) is 17.6 Å². The van der Waals surface area contributed by atoms with E-state index in [-0.39, 0.29) is 22.0 Å². The lowest BCUT2D eigenvalue weighted by Crippen LogP contribution is -2.18. The van der Waals surface area contributed by atoms with Gasteiger partial charge in [0.15, 0.2) is 0 Å². The molecule has 0 aromatic heterocycles. The fourth-order valence-corrected chi connectivity index (χ4v) is 2.31. The van der Waals surface area contributed by atoms with Crippen LogP contribution in [0, 0.1) is 23.3 Å². The molecule has 0 amide bonds. The van der Waals surface area contributed by atoms with Crippen LogP contribution in [0.2, 0.25) is 0 Å². The summed E-state index contributed by atoms with van der Waals surface area (Å²) in [6.45, 7) is 0. The minimum absolute atomic E-state index is 0.0649. The summed E-state index contributed by atoms with van der Waals surface area (Å²) in [5, 5.41) is 0. The van der Waals surface area contributed by atoms with Gasteiger partial charge in [-0.15, -0.1) is 0 Å². The number of hydrogen-bond donors (Lipinski definition) is 1. The predicted molar refractivity (Wildman–Crippen MR) is 71.0 cm³/mol.